The van der Waals surface area contributed by atoms with Crippen LogP contribution in [-0.2, 0) is 14.4 Å². The molecule has 0 aliphatic carbocycles. The molecule has 23 heavy (non-hydrogen) atoms. The molecule has 2 aliphatic rings. The van der Waals surface area contributed by atoms with Gasteiger partial charge in [-0.05, 0) is 16.8 Å². The number of nitrogens with zero attached hydrogens (tertiary/aromatic N) is 2. The highest BCUT2D eigenvalue weighted by atomic mass is 16.7. The van der Waals surface area contributed by atoms with E-state index in [-0.39, 0.29) is 17.6 Å². The molecule has 2 fully saturated rings. The summed E-state index contributed by atoms with van der Waals surface area (Å²) in [5.41, 5.74) is 0.620. The Balaban J connectivity index is 1.92. The molecular formula is C17H16N2O4. The van der Waals surface area contributed by atoms with Crippen molar-refractivity contribution in [2.24, 2.45) is 5.92 Å². The quantitative estimate of drug-likeness (QED) is 0.807. The molecule has 3 atom stereocenters. The molecule has 0 aromatic heterocycles. The van der Waals surface area contributed by atoms with E-state index in [2.05, 4.69) is 0 Å². The number of aromatic hydroxyl groups is 1. The Morgan fingerprint density at radius 1 is 1.04 bits per heavy atom. The van der Waals surface area contributed by atoms with Crippen LogP contribution < -0.4 is 0 Å². The van der Waals surface area contributed by atoms with Crippen LogP contribution >= 0.6 is 0 Å². The fraction of sp³-hybridized carbons (Fsp3) is 0.294. The van der Waals surface area contributed by atoms with Crippen molar-refractivity contribution in [3.05, 3.63) is 42.0 Å². The number of carbonyl (C=O) groups excluding carboxylic acids is 2. The first kappa shape index (κ1) is 14.2. The topological polar surface area (TPSA) is 70.1 Å². The molecule has 6 nitrogen and oxygen atoms in total. The molecule has 118 valence electrons. The average Bonchev–Trinajstić information content (AvgIpc) is 2.98. The largest absolute Gasteiger partial charge is 0.508 e. The highest BCUT2D eigenvalue weighted by molar-refractivity contribution is 6.07. The number of fused-ring (bicyclic) bond motifs is 2. The van der Waals surface area contributed by atoms with E-state index in [1.807, 2.05) is 30.3 Å². The van der Waals surface area contributed by atoms with Crippen molar-refractivity contribution in [2.75, 3.05) is 14.1 Å². The monoisotopic (exact) mass is 312 g/mol. The number of hydroxylamine groups is 2. The third-order valence-electron chi connectivity index (χ3n) is 4.77. The number of phenols is 1. The third kappa shape index (κ3) is 1.82. The van der Waals surface area contributed by atoms with E-state index in [1.54, 1.807) is 13.1 Å². The van der Waals surface area contributed by atoms with Crippen LogP contribution in [0.15, 0.2) is 36.4 Å². The Morgan fingerprint density at radius 3 is 2.57 bits per heavy atom. The van der Waals surface area contributed by atoms with Crippen molar-refractivity contribution in [3.8, 4) is 5.75 Å². The second-order valence-electron chi connectivity index (χ2n) is 6.00. The summed E-state index contributed by atoms with van der Waals surface area (Å²) in [6, 6.07) is 10.6. The summed E-state index contributed by atoms with van der Waals surface area (Å²) in [4.78, 5) is 31.4. The lowest BCUT2D eigenvalue weighted by Crippen LogP contribution is -2.33. The van der Waals surface area contributed by atoms with Crippen molar-refractivity contribution in [1.29, 1.82) is 0 Å². The number of hydrogen-bond donors (Lipinski definition) is 1. The van der Waals surface area contributed by atoms with Gasteiger partial charge in [0.25, 0.3) is 5.91 Å². The smallest absolute Gasteiger partial charge is 0.261 e. The minimum Gasteiger partial charge on any atom is -0.508 e. The van der Waals surface area contributed by atoms with E-state index in [4.69, 9.17) is 4.84 Å². The molecule has 2 heterocycles. The average molecular weight is 312 g/mol. The van der Waals surface area contributed by atoms with E-state index in [9.17, 15) is 14.7 Å². The fourth-order valence-corrected chi connectivity index (χ4v) is 3.64. The first-order valence-electron chi connectivity index (χ1n) is 7.42. The lowest BCUT2D eigenvalue weighted by Gasteiger charge is -2.24. The number of imide groups is 1. The van der Waals surface area contributed by atoms with Crippen molar-refractivity contribution in [2.45, 2.75) is 12.1 Å². The number of amides is 2. The maximum Gasteiger partial charge on any atom is 0.261 e. The van der Waals surface area contributed by atoms with Gasteiger partial charge in [-0.3, -0.25) is 19.3 Å². The minimum atomic E-state index is -0.819. The standard InChI is InChI=1S/C17H16N2O4/c1-18-16(21)13-14(19(2)23-15(13)17(18)22)12-10-6-4-3-5-9(10)7-8-11(12)20/h3-8,13-15,20H,1-2H3. The molecule has 2 saturated heterocycles. The van der Waals surface area contributed by atoms with Crippen LogP contribution in [0.5, 0.6) is 5.75 Å². The summed E-state index contributed by atoms with van der Waals surface area (Å²) >= 11 is 0. The van der Waals surface area contributed by atoms with Crippen LogP contribution in [0.3, 0.4) is 0 Å². The number of hydrogen-bond acceptors (Lipinski definition) is 5. The summed E-state index contributed by atoms with van der Waals surface area (Å²) in [6.07, 6.45) is -0.819. The lowest BCUT2D eigenvalue weighted by atomic mass is 9.87. The lowest BCUT2D eigenvalue weighted by molar-refractivity contribution is -0.168. The van der Waals surface area contributed by atoms with Gasteiger partial charge < -0.3 is 5.11 Å². The summed E-state index contributed by atoms with van der Waals surface area (Å²) in [7, 11) is 3.15. The van der Waals surface area contributed by atoms with Crippen LogP contribution in [0.1, 0.15) is 11.6 Å². The molecule has 1 N–H and O–H groups in total. The number of rotatable bonds is 1. The zero-order valence-corrected chi connectivity index (χ0v) is 12.8. The molecule has 0 spiro atoms. The van der Waals surface area contributed by atoms with Crippen LogP contribution in [-0.4, -0.2) is 47.1 Å². The summed E-state index contributed by atoms with van der Waals surface area (Å²) < 4.78 is 0. The molecular weight excluding hydrogens is 296 g/mol. The highest BCUT2D eigenvalue weighted by Gasteiger charge is 2.58. The number of benzene rings is 2. The summed E-state index contributed by atoms with van der Waals surface area (Å²) in [6.45, 7) is 0. The van der Waals surface area contributed by atoms with E-state index >= 15 is 0 Å². The molecule has 2 aromatic carbocycles. The molecule has 0 radical (unpaired) electrons. The first-order valence-corrected chi connectivity index (χ1v) is 7.42. The van der Waals surface area contributed by atoms with Crippen molar-refractivity contribution >= 4 is 22.6 Å². The molecule has 2 aromatic rings. The number of phenolic OH excluding ortho intramolecular Hbond substituents is 1. The Morgan fingerprint density at radius 2 is 1.78 bits per heavy atom. The van der Waals surface area contributed by atoms with Gasteiger partial charge in [-0.1, -0.05) is 30.3 Å². The summed E-state index contributed by atoms with van der Waals surface area (Å²) in [5, 5.41) is 13.8. The van der Waals surface area contributed by atoms with Gasteiger partial charge in [-0.15, -0.1) is 0 Å². The predicted octanol–water partition coefficient (Wildman–Crippen LogP) is 1.45. The molecule has 2 aliphatic heterocycles. The van der Waals surface area contributed by atoms with Crippen LogP contribution in [0.25, 0.3) is 10.8 Å². The predicted molar refractivity (Wildman–Crippen MR) is 82.3 cm³/mol. The van der Waals surface area contributed by atoms with Gasteiger partial charge in [-0.25, -0.2) is 0 Å². The van der Waals surface area contributed by atoms with Gasteiger partial charge >= 0.3 is 0 Å². The minimum absolute atomic E-state index is 0.0969. The van der Waals surface area contributed by atoms with Gasteiger partial charge in [0.15, 0.2) is 6.10 Å². The number of likely N-dealkylation sites (N-methyl/N-ethyl adjacent to an activating group) is 1. The van der Waals surface area contributed by atoms with Gasteiger partial charge in [-0.2, -0.15) is 5.06 Å². The molecule has 6 heteroatoms. The Kier molecular flexibility index (Phi) is 2.94. The zero-order chi connectivity index (χ0) is 16.3. The Hall–Kier alpha value is -2.44. The number of likely N-dealkylation sites (tertiary alicyclic amines) is 1. The highest BCUT2D eigenvalue weighted by Crippen LogP contribution is 2.47. The second-order valence-corrected chi connectivity index (χ2v) is 6.00. The van der Waals surface area contributed by atoms with Crippen LogP contribution in [0.4, 0.5) is 0 Å². The Bertz CT molecular complexity index is 834. The van der Waals surface area contributed by atoms with Crippen LogP contribution in [0, 0.1) is 5.92 Å². The third-order valence-corrected chi connectivity index (χ3v) is 4.77. The van der Waals surface area contributed by atoms with E-state index in [0.29, 0.717) is 5.56 Å². The van der Waals surface area contributed by atoms with Crippen LogP contribution in [0.2, 0.25) is 0 Å². The van der Waals surface area contributed by atoms with Gasteiger partial charge in [0, 0.05) is 19.7 Å². The SMILES string of the molecule is CN1C(=O)C2ON(C)C(c3c(O)ccc4ccccc34)C2C1=O. The van der Waals surface area contributed by atoms with Gasteiger partial charge in [0.2, 0.25) is 5.91 Å². The first-order chi connectivity index (χ1) is 11.0. The Labute approximate surface area is 132 Å². The maximum atomic E-state index is 12.5. The van der Waals surface area contributed by atoms with Crippen molar-refractivity contribution < 1.29 is 19.5 Å². The van der Waals surface area contributed by atoms with E-state index in [0.717, 1.165) is 15.7 Å². The summed E-state index contributed by atoms with van der Waals surface area (Å²) in [5.74, 6) is -1.16. The van der Waals surface area contributed by atoms with Gasteiger partial charge in [0.1, 0.15) is 5.75 Å². The molecule has 2 amide bonds. The van der Waals surface area contributed by atoms with Crippen molar-refractivity contribution in [1.82, 2.24) is 9.96 Å². The molecule has 4 rings (SSSR count). The molecule has 0 bridgehead atoms. The maximum absolute atomic E-state index is 12.5. The van der Waals surface area contributed by atoms with E-state index < -0.39 is 18.1 Å². The fourth-order valence-electron chi connectivity index (χ4n) is 3.64. The van der Waals surface area contributed by atoms with Gasteiger partial charge in [0.05, 0.1) is 12.0 Å². The molecule has 0 saturated carbocycles. The zero-order valence-electron chi connectivity index (χ0n) is 12.8. The van der Waals surface area contributed by atoms with E-state index in [1.165, 1.54) is 12.1 Å². The normalized spacial score (nSPS) is 27.9. The molecule has 3 unspecified atom stereocenters. The second kappa shape index (κ2) is 4.78. The number of carbonyl (C=O) groups is 2. The van der Waals surface area contributed by atoms with Crippen molar-refractivity contribution in [3.63, 3.8) is 0 Å².